The van der Waals surface area contributed by atoms with Gasteiger partial charge in [-0.05, 0) is 63.6 Å². The van der Waals surface area contributed by atoms with Crippen molar-refractivity contribution < 1.29 is 14.4 Å². The lowest BCUT2D eigenvalue weighted by Gasteiger charge is -2.38. The molecule has 40 heavy (non-hydrogen) atoms. The minimum absolute atomic E-state index is 0.0831. The third-order valence-electron chi connectivity index (χ3n) is 6.80. The van der Waals surface area contributed by atoms with Gasteiger partial charge in [-0.1, -0.05) is 48.0 Å². The van der Waals surface area contributed by atoms with Crippen LogP contribution >= 0.6 is 0 Å². The van der Waals surface area contributed by atoms with Crippen molar-refractivity contribution in [2.75, 3.05) is 43.4 Å². The lowest BCUT2D eigenvalue weighted by atomic mass is 10.1. The summed E-state index contributed by atoms with van der Waals surface area (Å²) in [6.45, 7) is 10.6. The summed E-state index contributed by atoms with van der Waals surface area (Å²) in [5.74, 6) is -0.375. The molecule has 1 aliphatic rings. The van der Waals surface area contributed by atoms with Crippen LogP contribution in [0.15, 0.2) is 72.8 Å². The maximum Gasteiger partial charge on any atom is 0.317 e. The van der Waals surface area contributed by atoms with Gasteiger partial charge in [0, 0.05) is 62.2 Å². The molecule has 4 rings (SSSR count). The Morgan fingerprint density at radius 3 is 2.15 bits per heavy atom. The monoisotopic (exact) mass is 541 g/mol. The number of amides is 4. The van der Waals surface area contributed by atoms with E-state index in [9.17, 15) is 14.4 Å². The number of benzene rings is 3. The second kappa shape index (κ2) is 12.2. The summed E-state index contributed by atoms with van der Waals surface area (Å²) in [5.41, 5.74) is 4.19. The van der Waals surface area contributed by atoms with Crippen LogP contribution in [0, 0.1) is 6.92 Å². The fraction of sp³-hybridized carbons (Fsp3) is 0.344. The van der Waals surface area contributed by atoms with Crippen molar-refractivity contribution in [1.29, 1.82) is 0 Å². The molecule has 8 nitrogen and oxygen atoms in total. The van der Waals surface area contributed by atoms with Gasteiger partial charge in [0.05, 0.1) is 5.56 Å². The topological polar surface area (TPSA) is 85.0 Å². The van der Waals surface area contributed by atoms with E-state index < -0.39 is 0 Å². The van der Waals surface area contributed by atoms with Crippen LogP contribution in [0.4, 0.5) is 16.2 Å². The highest BCUT2D eigenvalue weighted by atomic mass is 16.2. The first kappa shape index (κ1) is 28.7. The highest BCUT2D eigenvalue weighted by Gasteiger charge is 2.27. The molecule has 3 aromatic carbocycles. The molecule has 3 aromatic rings. The van der Waals surface area contributed by atoms with E-state index in [1.54, 1.807) is 35.0 Å². The number of aryl methyl sites for hydroxylation is 1. The van der Waals surface area contributed by atoms with Gasteiger partial charge < -0.3 is 25.3 Å². The second-order valence-corrected chi connectivity index (χ2v) is 11.4. The SMILES string of the molecule is Cc1ccc(C(=O)Nc2ccc(N3CCN(C(=O)NC(C)(C)C)CC3)c(C(=O)N(C)Cc3ccccc3)c2)cc1. The van der Waals surface area contributed by atoms with Crippen molar-refractivity contribution >= 4 is 29.2 Å². The van der Waals surface area contributed by atoms with E-state index in [-0.39, 0.29) is 23.4 Å². The lowest BCUT2D eigenvalue weighted by Crippen LogP contribution is -2.55. The first-order valence-electron chi connectivity index (χ1n) is 13.6. The molecule has 0 saturated carbocycles. The molecule has 0 atom stereocenters. The van der Waals surface area contributed by atoms with E-state index >= 15 is 0 Å². The van der Waals surface area contributed by atoms with Gasteiger partial charge in [0.2, 0.25) is 0 Å². The van der Waals surface area contributed by atoms with Crippen LogP contribution < -0.4 is 15.5 Å². The second-order valence-electron chi connectivity index (χ2n) is 11.4. The van der Waals surface area contributed by atoms with Crippen LogP contribution in [0.3, 0.4) is 0 Å². The third-order valence-corrected chi connectivity index (χ3v) is 6.80. The zero-order valence-electron chi connectivity index (χ0n) is 24.0. The Hall–Kier alpha value is -4.33. The first-order chi connectivity index (χ1) is 19.0. The maximum absolute atomic E-state index is 13.8. The fourth-order valence-electron chi connectivity index (χ4n) is 4.65. The Balaban J connectivity index is 1.56. The van der Waals surface area contributed by atoms with Crippen LogP contribution in [0.2, 0.25) is 0 Å². The Morgan fingerprint density at radius 2 is 1.52 bits per heavy atom. The Bertz CT molecular complexity index is 1340. The van der Waals surface area contributed by atoms with Crippen molar-refractivity contribution in [2.24, 2.45) is 0 Å². The zero-order chi connectivity index (χ0) is 28.9. The maximum atomic E-state index is 13.8. The van der Waals surface area contributed by atoms with Crippen LogP contribution in [-0.2, 0) is 6.54 Å². The van der Waals surface area contributed by atoms with Gasteiger partial charge in [-0.3, -0.25) is 9.59 Å². The molecule has 210 valence electrons. The van der Waals surface area contributed by atoms with Crippen molar-refractivity contribution in [3.05, 3.63) is 95.1 Å². The van der Waals surface area contributed by atoms with Gasteiger partial charge >= 0.3 is 6.03 Å². The van der Waals surface area contributed by atoms with Crippen molar-refractivity contribution in [3.8, 4) is 0 Å². The molecule has 4 amide bonds. The van der Waals surface area contributed by atoms with E-state index in [1.807, 2.05) is 82.3 Å². The lowest BCUT2D eigenvalue weighted by molar-refractivity contribution is 0.0785. The number of urea groups is 1. The van der Waals surface area contributed by atoms with Crippen molar-refractivity contribution in [2.45, 2.75) is 39.8 Å². The minimum atomic E-state index is -0.310. The summed E-state index contributed by atoms with van der Waals surface area (Å²) < 4.78 is 0. The van der Waals surface area contributed by atoms with Gasteiger partial charge in [-0.25, -0.2) is 4.79 Å². The molecule has 0 aliphatic carbocycles. The number of nitrogens with one attached hydrogen (secondary N) is 2. The highest BCUT2D eigenvalue weighted by Crippen LogP contribution is 2.28. The molecule has 1 fully saturated rings. The Labute approximate surface area is 237 Å². The largest absolute Gasteiger partial charge is 0.367 e. The average Bonchev–Trinajstić information content (AvgIpc) is 2.92. The molecule has 0 radical (unpaired) electrons. The average molecular weight is 542 g/mol. The molecule has 0 aromatic heterocycles. The molecule has 1 aliphatic heterocycles. The van der Waals surface area contributed by atoms with Gasteiger partial charge in [-0.2, -0.15) is 0 Å². The summed E-state index contributed by atoms with van der Waals surface area (Å²) in [7, 11) is 1.78. The van der Waals surface area contributed by atoms with E-state index in [0.717, 1.165) is 16.8 Å². The number of carbonyl (C=O) groups excluding carboxylic acids is 3. The van der Waals surface area contributed by atoms with E-state index in [4.69, 9.17) is 0 Å². The number of hydrogen-bond acceptors (Lipinski definition) is 4. The number of hydrogen-bond donors (Lipinski definition) is 2. The van der Waals surface area contributed by atoms with Crippen molar-refractivity contribution in [3.63, 3.8) is 0 Å². The zero-order valence-corrected chi connectivity index (χ0v) is 24.0. The van der Waals surface area contributed by atoms with Crippen LogP contribution in [0.25, 0.3) is 0 Å². The van der Waals surface area contributed by atoms with Gasteiger partial charge in [0.1, 0.15) is 0 Å². The van der Waals surface area contributed by atoms with E-state index in [0.29, 0.717) is 49.5 Å². The summed E-state index contributed by atoms with van der Waals surface area (Å²) >= 11 is 0. The Morgan fingerprint density at radius 1 is 0.875 bits per heavy atom. The summed E-state index contributed by atoms with van der Waals surface area (Å²) in [6, 6.07) is 22.6. The number of anilines is 2. The quantitative estimate of drug-likeness (QED) is 0.452. The fourth-order valence-corrected chi connectivity index (χ4v) is 4.65. The molecule has 1 heterocycles. The molecule has 0 spiro atoms. The van der Waals surface area contributed by atoms with E-state index in [1.165, 1.54) is 0 Å². The molecule has 0 bridgehead atoms. The molecule has 2 N–H and O–H groups in total. The van der Waals surface area contributed by atoms with Gasteiger partial charge in [0.15, 0.2) is 0 Å². The molecular formula is C32H39N5O3. The van der Waals surface area contributed by atoms with Gasteiger partial charge in [-0.15, -0.1) is 0 Å². The predicted molar refractivity (Wildman–Crippen MR) is 160 cm³/mol. The van der Waals surface area contributed by atoms with Crippen LogP contribution in [-0.4, -0.2) is 66.4 Å². The molecule has 8 heteroatoms. The highest BCUT2D eigenvalue weighted by molar-refractivity contribution is 6.06. The van der Waals surface area contributed by atoms with Crippen molar-refractivity contribution in [1.82, 2.24) is 15.1 Å². The first-order valence-corrected chi connectivity index (χ1v) is 13.6. The Kier molecular flexibility index (Phi) is 8.77. The molecular weight excluding hydrogens is 502 g/mol. The molecule has 1 saturated heterocycles. The number of piperazine rings is 1. The minimum Gasteiger partial charge on any atom is -0.367 e. The van der Waals surface area contributed by atoms with Crippen LogP contribution in [0.5, 0.6) is 0 Å². The number of nitrogens with zero attached hydrogens (tertiary/aromatic N) is 3. The van der Waals surface area contributed by atoms with Crippen LogP contribution in [0.1, 0.15) is 52.6 Å². The number of rotatable bonds is 6. The third kappa shape index (κ3) is 7.40. The smallest absolute Gasteiger partial charge is 0.317 e. The predicted octanol–water partition coefficient (Wildman–Crippen LogP) is 5.15. The number of carbonyl (C=O) groups is 3. The summed E-state index contributed by atoms with van der Waals surface area (Å²) in [6.07, 6.45) is 0. The van der Waals surface area contributed by atoms with Gasteiger partial charge in [0.25, 0.3) is 11.8 Å². The normalized spacial score (nSPS) is 13.5. The van der Waals surface area contributed by atoms with E-state index in [2.05, 4.69) is 15.5 Å². The summed E-state index contributed by atoms with van der Waals surface area (Å²) in [5, 5.41) is 5.97. The molecule has 0 unspecified atom stereocenters. The summed E-state index contributed by atoms with van der Waals surface area (Å²) in [4.78, 5) is 45.0. The standard InChI is InChI=1S/C32H39N5O3/c1-23-11-13-25(14-12-23)29(38)33-26-15-16-28(36-17-19-37(20-18-36)31(40)34-32(2,3)4)27(21-26)30(39)35(5)22-24-9-7-6-8-10-24/h6-16,21H,17-20,22H2,1-5H3,(H,33,38)(H,34,40).